The molecule has 342 valence electrons. The second kappa shape index (κ2) is 17.6. The van der Waals surface area contributed by atoms with Crippen LogP contribution < -0.4 is 43.1 Å². The van der Waals surface area contributed by atoms with Gasteiger partial charge in [0.05, 0.1) is 10.8 Å². The Morgan fingerprint density at radius 1 is 0.243 bits per heavy atom. The van der Waals surface area contributed by atoms with Gasteiger partial charge in [0.15, 0.2) is 0 Å². The Hall–Kier alpha value is -8.07. The van der Waals surface area contributed by atoms with E-state index in [4.69, 9.17) is 0 Å². The predicted octanol–water partition coefficient (Wildman–Crippen LogP) is 4.51. The predicted molar refractivity (Wildman–Crippen MR) is 336 cm³/mol. The van der Waals surface area contributed by atoms with Gasteiger partial charge < -0.3 is 4.90 Å². The summed E-state index contributed by atoms with van der Waals surface area (Å²) in [7, 11) is 16.2. The SMILES string of the molecule is Bc1c(B)c(B)c2c(B)c(-c3ccc(N(c4ccc(C5(c6ccccc6)c6ccccc6-c6ccccc65)cc4)c4ccc(C5(c6ccccc6)c6ccccc6-c6ccccc65)cc4)cc3)c(B)c(B)c2c1B. The number of nitrogens with zero attached hydrogens (tertiary/aromatic N) is 1. The van der Waals surface area contributed by atoms with Crippen LogP contribution in [0.5, 0.6) is 0 Å². The van der Waals surface area contributed by atoms with E-state index in [1.54, 1.807) is 0 Å². The maximum Gasteiger partial charge on any atom is 0.140 e. The van der Waals surface area contributed by atoms with Crippen molar-refractivity contribution < 1.29 is 0 Å². The van der Waals surface area contributed by atoms with E-state index in [1.807, 2.05) is 0 Å². The molecule has 2 aliphatic rings. The van der Waals surface area contributed by atoms with Gasteiger partial charge in [0.25, 0.3) is 0 Å². The third-order valence-corrected chi connectivity index (χ3v) is 17.6. The molecule has 0 heterocycles. The van der Waals surface area contributed by atoms with Gasteiger partial charge in [-0.1, -0.05) is 221 Å². The van der Waals surface area contributed by atoms with Crippen LogP contribution in [0.1, 0.15) is 44.5 Å². The Balaban J connectivity index is 0.990. The maximum absolute atomic E-state index is 2.44. The molecule has 0 saturated heterocycles. The average Bonchev–Trinajstić information content (AvgIpc) is 3.94. The fourth-order valence-corrected chi connectivity index (χ4v) is 13.8. The normalized spacial score (nSPS) is 13.5. The van der Waals surface area contributed by atoms with Crippen LogP contribution in [-0.4, -0.2) is 54.9 Å². The van der Waals surface area contributed by atoms with Gasteiger partial charge >= 0.3 is 0 Å². The Morgan fingerprint density at radius 2 is 0.527 bits per heavy atom. The standard InChI is InChI=1S/C66H52B7N/c67-58-55(59(68)60(69)57-56(58)61(70)63(72)64(73)62(57)71)39-27-33-44(34-28-39)74(45-35-29-42(30-36-45)65(40-15-3-1-4-16-40)51-23-11-7-19-47(51)48-20-8-12-24-52(48)65)46-37-31-43(32-38-46)66(41-17-5-2-6-18-41)53-25-13-9-21-49(53)50-22-10-14-26-54(50)66/h1-38H,67-73H2. The monoisotopic (exact) mass is 935 g/mol. The van der Waals surface area contributed by atoms with Crippen LogP contribution in [0.4, 0.5) is 17.1 Å². The zero-order valence-electron chi connectivity index (χ0n) is 43.4. The van der Waals surface area contributed by atoms with Crippen LogP contribution in [0.3, 0.4) is 0 Å². The minimum Gasteiger partial charge on any atom is -0.311 e. The first kappa shape index (κ1) is 45.8. The Kier molecular flexibility index (Phi) is 10.9. The van der Waals surface area contributed by atoms with Crippen molar-refractivity contribution in [1.82, 2.24) is 0 Å². The Morgan fingerprint density at radius 3 is 0.892 bits per heavy atom. The summed E-state index contributed by atoms with van der Waals surface area (Å²) in [5.41, 5.74) is 30.0. The molecular weight excluding hydrogens is 882 g/mol. The van der Waals surface area contributed by atoms with Crippen LogP contribution in [0.2, 0.25) is 0 Å². The second-order valence-electron chi connectivity index (χ2n) is 20.9. The summed E-state index contributed by atoms with van der Waals surface area (Å²) in [4.78, 5) is 2.44. The molecular formula is C66H52B7N. The Labute approximate surface area is 442 Å². The first-order valence-electron chi connectivity index (χ1n) is 26.3. The summed E-state index contributed by atoms with van der Waals surface area (Å²) < 4.78 is 0. The molecule has 0 saturated carbocycles. The van der Waals surface area contributed by atoms with Gasteiger partial charge in [-0.25, -0.2) is 0 Å². The highest BCUT2D eigenvalue weighted by Crippen LogP contribution is 2.58. The van der Waals surface area contributed by atoms with Gasteiger partial charge in [0.1, 0.15) is 54.9 Å². The third kappa shape index (κ3) is 6.46. The molecule has 0 unspecified atom stereocenters. The summed E-state index contributed by atoms with van der Waals surface area (Å²) >= 11 is 0. The minimum atomic E-state index is -0.484. The fraction of sp³-hybridized carbons (Fsp3) is 0.0303. The van der Waals surface area contributed by atoms with Gasteiger partial charge in [0, 0.05) is 17.1 Å². The van der Waals surface area contributed by atoms with Crippen molar-refractivity contribution in [2.45, 2.75) is 10.8 Å². The van der Waals surface area contributed by atoms with Crippen LogP contribution >= 0.6 is 0 Å². The highest BCUT2D eigenvalue weighted by Gasteiger charge is 2.47. The number of anilines is 3. The zero-order valence-corrected chi connectivity index (χ0v) is 43.4. The minimum absolute atomic E-state index is 0.484. The molecule has 11 aromatic carbocycles. The molecule has 0 atom stereocenters. The van der Waals surface area contributed by atoms with E-state index in [0.717, 1.165) is 17.1 Å². The van der Waals surface area contributed by atoms with E-state index < -0.39 is 10.8 Å². The number of rotatable bonds is 8. The Bertz CT molecular complexity index is 3750. The smallest absolute Gasteiger partial charge is 0.140 e. The number of benzene rings is 11. The maximum atomic E-state index is 2.44. The molecule has 0 aromatic heterocycles. The molecule has 0 aliphatic heterocycles. The van der Waals surface area contributed by atoms with E-state index >= 15 is 0 Å². The molecule has 0 bridgehead atoms. The summed E-state index contributed by atoms with van der Waals surface area (Å²) in [6, 6.07) is 86.4. The lowest BCUT2D eigenvalue weighted by Gasteiger charge is -2.35. The molecule has 0 radical (unpaired) electrons. The number of hydrogen-bond acceptors (Lipinski definition) is 1. The molecule has 11 aromatic rings. The van der Waals surface area contributed by atoms with E-state index in [0.29, 0.717) is 0 Å². The van der Waals surface area contributed by atoms with Gasteiger partial charge in [0.2, 0.25) is 0 Å². The topological polar surface area (TPSA) is 3.24 Å². The molecule has 0 spiro atoms. The summed E-state index contributed by atoms with van der Waals surface area (Å²) in [5, 5.41) is 2.81. The lowest BCUT2D eigenvalue weighted by atomic mass is 9.58. The zero-order chi connectivity index (χ0) is 50.5. The quantitative estimate of drug-likeness (QED) is 0.203. The van der Waals surface area contributed by atoms with E-state index in [2.05, 4.69) is 290 Å². The van der Waals surface area contributed by atoms with Gasteiger partial charge in [-0.2, -0.15) is 0 Å². The summed E-state index contributed by atoms with van der Waals surface area (Å²) in [6.07, 6.45) is 0. The second-order valence-corrected chi connectivity index (χ2v) is 20.9. The lowest BCUT2D eigenvalue weighted by Crippen LogP contribution is -2.52. The molecule has 1 nitrogen and oxygen atoms in total. The van der Waals surface area contributed by atoms with Crippen molar-refractivity contribution in [2.75, 3.05) is 4.90 Å². The number of hydrogen-bond donors (Lipinski definition) is 0. The van der Waals surface area contributed by atoms with Crippen molar-refractivity contribution in [2.24, 2.45) is 0 Å². The first-order chi connectivity index (χ1) is 36.1. The first-order valence-corrected chi connectivity index (χ1v) is 26.3. The van der Waals surface area contributed by atoms with E-state index in [-0.39, 0.29) is 0 Å². The number of fused-ring (bicyclic) bond motifs is 7. The third-order valence-electron chi connectivity index (χ3n) is 17.6. The van der Waals surface area contributed by atoms with E-state index in [1.165, 1.54) is 127 Å². The van der Waals surface area contributed by atoms with Gasteiger partial charge in [-0.15, -0.1) is 10.9 Å². The molecule has 2 aliphatic carbocycles. The highest BCUT2D eigenvalue weighted by atomic mass is 15.1. The lowest BCUT2D eigenvalue weighted by molar-refractivity contribution is 0.768. The molecule has 0 fully saturated rings. The molecule has 13 rings (SSSR count). The fourth-order valence-electron chi connectivity index (χ4n) is 13.8. The highest BCUT2D eigenvalue weighted by molar-refractivity contribution is 6.72. The molecule has 0 amide bonds. The molecule has 0 N–H and O–H groups in total. The van der Waals surface area contributed by atoms with Crippen molar-refractivity contribution in [1.29, 1.82) is 0 Å². The molecule has 8 heteroatoms. The largest absolute Gasteiger partial charge is 0.311 e. The van der Waals surface area contributed by atoms with Crippen LogP contribution in [0.15, 0.2) is 231 Å². The van der Waals surface area contributed by atoms with E-state index in [9.17, 15) is 0 Å². The van der Waals surface area contributed by atoms with Gasteiger partial charge in [-0.05, 0) is 125 Å². The van der Waals surface area contributed by atoms with Crippen molar-refractivity contribution in [3.05, 3.63) is 275 Å². The van der Waals surface area contributed by atoms with Crippen molar-refractivity contribution >= 4 is 121 Å². The van der Waals surface area contributed by atoms with Crippen LogP contribution in [0.25, 0.3) is 44.2 Å². The molecule has 74 heavy (non-hydrogen) atoms. The summed E-state index contributed by atoms with van der Waals surface area (Å²) in [5.74, 6) is 0. The summed E-state index contributed by atoms with van der Waals surface area (Å²) in [6.45, 7) is 0. The van der Waals surface area contributed by atoms with Gasteiger partial charge in [-0.3, -0.25) is 0 Å². The van der Waals surface area contributed by atoms with Crippen molar-refractivity contribution in [3.63, 3.8) is 0 Å². The van der Waals surface area contributed by atoms with Crippen molar-refractivity contribution in [3.8, 4) is 33.4 Å². The average molecular weight is 935 g/mol. The van der Waals surface area contributed by atoms with Crippen LogP contribution in [0, 0.1) is 0 Å². The van der Waals surface area contributed by atoms with Crippen LogP contribution in [-0.2, 0) is 10.8 Å².